The summed E-state index contributed by atoms with van der Waals surface area (Å²) in [5.41, 5.74) is 8.44. The molecule has 0 saturated heterocycles. The minimum atomic E-state index is -1.21. The summed E-state index contributed by atoms with van der Waals surface area (Å²) in [6.07, 6.45) is 7.20. The van der Waals surface area contributed by atoms with Gasteiger partial charge in [-0.1, -0.05) is 37.1 Å². The van der Waals surface area contributed by atoms with Crippen LogP contribution in [0.25, 0.3) is 11.1 Å². The summed E-state index contributed by atoms with van der Waals surface area (Å²) in [6.45, 7) is 0. The van der Waals surface area contributed by atoms with Crippen molar-refractivity contribution in [2.75, 3.05) is 0 Å². The monoisotopic (exact) mass is 401 g/mol. The second kappa shape index (κ2) is 10.3. The minimum Gasteiger partial charge on any atom is -0.427 e. The van der Waals surface area contributed by atoms with E-state index in [1.165, 1.54) is 12.1 Å². The average Bonchev–Trinajstić information content (AvgIpc) is 2.65. The Morgan fingerprint density at radius 2 is 1.76 bits per heavy atom. The Balaban J connectivity index is 1.40. The van der Waals surface area contributed by atoms with Gasteiger partial charge in [0, 0.05) is 11.6 Å². The molecule has 0 radical (unpaired) electrons. The second-order valence-electron chi connectivity index (χ2n) is 8.39. The van der Waals surface area contributed by atoms with E-state index in [0.29, 0.717) is 29.3 Å². The molecule has 1 saturated carbocycles. The highest BCUT2D eigenvalue weighted by Gasteiger charge is 2.32. The van der Waals surface area contributed by atoms with Crippen LogP contribution in [0.2, 0.25) is 6.32 Å². The van der Waals surface area contributed by atoms with Crippen molar-refractivity contribution in [3.63, 3.8) is 0 Å². The molecule has 0 bridgehead atoms. The molecule has 0 heterocycles. The average molecular weight is 401 g/mol. The summed E-state index contributed by atoms with van der Waals surface area (Å²) >= 11 is 0. The van der Waals surface area contributed by atoms with Crippen LogP contribution in [-0.4, -0.2) is 23.2 Å². The van der Waals surface area contributed by atoms with Crippen LogP contribution in [-0.2, 0) is 6.42 Å². The van der Waals surface area contributed by atoms with Crippen molar-refractivity contribution in [2.45, 2.75) is 57.3 Å². The lowest BCUT2D eigenvalue weighted by atomic mass is 9.68. The molecule has 3 nitrogen and oxygen atoms in total. The van der Waals surface area contributed by atoms with Gasteiger partial charge in [-0.25, -0.2) is 8.78 Å². The molecule has 1 unspecified atom stereocenters. The van der Waals surface area contributed by atoms with E-state index < -0.39 is 7.12 Å². The molecule has 0 aliphatic heterocycles. The first-order chi connectivity index (χ1) is 13.9. The van der Waals surface area contributed by atoms with Gasteiger partial charge in [0.05, 0.1) is 0 Å². The molecule has 0 spiro atoms. The van der Waals surface area contributed by atoms with E-state index in [0.717, 1.165) is 50.5 Å². The number of rotatable bonds is 10. The van der Waals surface area contributed by atoms with Crippen LogP contribution in [0.4, 0.5) is 8.78 Å². The number of aryl methyl sites for hydroxylation is 1. The van der Waals surface area contributed by atoms with E-state index in [4.69, 9.17) is 15.8 Å². The Morgan fingerprint density at radius 3 is 2.41 bits per heavy atom. The van der Waals surface area contributed by atoms with Gasteiger partial charge in [-0.2, -0.15) is 0 Å². The number of unbranched alkanes of at least 4 members (excludes halogenated alkanes) is 1. The van der Waals surface area contributed by atoms with Gasteiger partial charge in [0.15, 0.2) is 0 Å². The van der Waals surface area contributed by atoms with Gasteiger partial charge in [-0.3, -0.25) is 0 Å². The van der Waals surface area contributed by atoms with Crippen LogP contribution in [0.5, 0.6) is 0 Å². The Hall–Kier alpha value is -1.76. The summed E-state index contributed by atoms with van der Waals surface area (Å²) < 4.78 is 27.5. The lowest BCUT2D eigenvalue weighted by Gasteiger charge is -2.39. The Labute approximate surface area is 172 Å². The molecule has 2 aromatic carbocycles. The van der Waals surface area contributed by atoms with Crippen molar-refractivity contribution in [3.8, 4) is 11.1 Å². The van der Waals surface area contributed by atoms with Gasteiger partial charge in [-0.15, -0.1) is 0 Å². The first-order valence-corrected chi connectivity index (χ1v) is 10.6. The van der Waals surface area contributed by atoms with Crippen molar-refractivity contribution in [2.24, 2.45) is 17.6 Å². The Morgan fingerprint density at radius 1 is 1.03 bits per heavy atom. The van der Waals surface area contributed by atoms with E-state index >= 15 is 0 Å². The molecule has 4 N–H and O–H groups in total. The molecule has 1 atom stereocenters. The van der Waals surface area contributed by atoms with Crippen LogP contribution in [0.15, 0.2) is 42.5 Å². The Bertz CT molecular complexity index is 779. The molecule has 0 amide bonds. The molecule has 1 aliphatic rings. The van der Waals surface area contributed by atoms with E-state index in [-0.39, 0.29) is 17.7 Å². The number of nitrogens with two attached hydrogens (primary N) is 1. The number of benzene rings is 2. The SMILES string of the molecule is NC(CCCCB(O)O)C1CC(CCc2ccc(-c3ccc(F)cc3)c(F)c2)C1. The van der Waals surface area contributed by atoms with Gasteiger partial charge in [0.25, 0.3) is 0 Å². The topological polar surface area (TPSA) is 66.5 Å². The lowest BCUT2D eigenvalue weighted by Crippen LogP contribution is -2.39. The molecule has 1 aliphatic carbocycles. The summed E-state index contributed by atoms with van der Waals surface area (Å²) in [5.74, 6) is 0.602. The fraction of sp³-hybridized carbons (Fsp3) is 0.478. The third-order valence-corrected chi connectivity index (χ3v) is 6.16. The van der Waals surface area contributed by atoms with Crippen molar-refractivity contribution >= 4 is 7.12 Å². The Kier molecular flexibility index (Phi) is 7.81. The first-order valence-electron chi connectivity index (χ1n) is 10.6. The van der Waals surface area contributed by atoms with E-state index in [1.807, 2.05) is 6.07 Å². The third-order valence-electron chi connectivity index (χ3n) is 6.16. The third kappa shape index (κ3) is 6.36. The maximum Gasteiger partial charge on any atom is 0.451 e. The quantitative estimate of drug-likeness (QED) is 0.404. The molecule has 29 heavy (non-hydrogen) atoms. The summed E-state index contributed by atoms with van der Waals surface area (Å²) in [6, 6.07) is 11.4. The van der Waals surface area contributed by atoms with Crippen LogP contribution < -0.4 is 5.73 Å². The second-order valence-corrected chi connectivity index (χ2v) is 8.39. The fourth-order valence-corrected chi connectivity index (χ4v) is 4.26. The molecule has 3 rings (SSSR count). The van der Waals surface area contributed by atoms with Gasteiger partial charge in [0.2, 0.25) is 0 Å². The predicted octanol–water partition coefficient (Wildman–Crippen LogP) is 4.56. The summed E-state index contributed by atoms with van der Waals surface area (Å²) in [4.78, 5) is 0. The number of hydrogen-bond donors (Lipinski definition) is 3. The number of hydrogen-bond acceptors (Lipinski definition) is 3. The molecule has 0 aromatic heterocycles. The van der Waals surface area contributed by atoms with E-state index in [9.17, 15) is 8.78 Å². The minimum absolute atomic E-state index is 0.189. The molecular weight excluding hydrogens is 371 g/mol. The van der Waals surface area contributed by atoms with Gasteiger partial charge in [0.1, 0.15) is 11.6 Å². The standard InChI is InChI=1S/C23H30BF2NO2/c25-20-9-7-18(8-10-20)21-11-6-16(15-22(21)26)4-5-17-13-19(14-17)23(27)3-1-2-12-24(28)29/h6-11,15,17,19,23,28-29H,1-5,12-14,27H2. The maximum atomic E-state index is 14.5. The largest absolute Gasteiger partial charge is 0.451 e. The van der Waals surface area contributed by atoms with Crippen LogP contribution in [0, 0.1) is 23.5 Å². The summed E-state index contributed by atoms with van der Waals surface area (Å²) in [5, 5.41) is 17.7. The molecule has 6 heteroatoms. The zero-order chi connectivity index (χ0) is 20.8. The maximum absolute atomic E-state index is 14.5. The highest BCUT2D eigenvalue weighted by Crippen LogP contribution is 2.39. The first kappa shape index (κ1) is 21.9. The van der Waals surface area contributed by atoms with Gasteiger partial charge in [-0.05, 0) is 79.6 Å². The van der Waals surface area contributed by atoms with E-state index in [2.05, 4.69) is 0 Å². The highest BCUT2D eigenvalue weighted by molar-refractivity contribution is 6.40. The normalized spacial score (nSPS) is 19.6. The zero-order valence-corrected chi connectivity index (χ0v) is 16.7. The van der Waals surface area contributed by atoms with Gasteiger partial charge >= 0.3 is 7.12 Å². The molecule has 2 aromatic rings. The fourth-order valence-electron chi connectivity index (χ4n) is 4.26. The summed E-state index contributed by atoms with van der Waals surface area (Å²) in [7, 11) is -1.21. The number of halogens is 2. The van der Waals surface area contributed by atoms with Crippen molar-refractivity contribution in [1.82, 2.24) is 0 Å². The van der Waals surface area contributed by atoms with E-state index in [1.54, 1.807) is 24.3 Å². The zero-order valence-electron chi connectivity index (χ0n) is 16.7. The van der Waals surface area contributed by atoms with Crippen LogP contribution in [0.1, 0.15) is 44.1 Å². The smallest absolute Gasteiger partial charge is 0.427 e. The van der Waals surface area contributed by atoms with Crippen LogP contribution >= 0.6 is 0 Å². The molecular formula is C23H30BF2NO2. The van der Waals surface area contributed by atoms with Crippen LogP contribution in [0.3, 0.4) is 0 Å². The molecule has 156 valence electrons. The van der Waals surface area contributed by atoms with Crippen molar-refractivity contribution < 1.29 is 18.8 Å². The predicted molar refractivity (Wildman–Crippen MR) is 113 cm³/mol. The van der Waals surface area contributed by atoms with Gasteiger partial charge < -0.3 is 15.8 Å². The van der Waals surface area contributed by atoms with Crippen molar-refractivity contribution in [3.05, 3.63) is 59.7 Å². The van der Waals surface area contributed by atoms with Crippen molar-refractivity contribution in [1.29, 1.82) is 0 Å². The molecule has 1 fully saturated rings. The lowest BCUT2D eigenvalue weighted by molar-refractivity contribution is 0.147. The highest BCUT2D eigenvalue weighted by atomic mass is 19.1.